The molecule has 52 heavy (non-hydrogen) atoms. The summed E-state index contributed by atoms with van der Waals surface area (Å²) in [6.45, 7) is 4.87. The van der Waals surface area contributed by atoms with Gasteiger partial charge in [-0.1, -0.05) is 166 Å². The van der Waals surface area contributed by atoms with E-state index >= 15 is 0 Å². The predicted octanol–water partition coefficient (Wildman–Crippen LogP) is 14.0. The van der Waals surface area contributed by atoms with Gasteiger partial charge in [0.1, 0.15) is 0 Å². The quantitative estimate of drug-likeness (QED) is 0.165. The molecule has 0 aromatic heterocycles. The van der Waals surface area contributed by atoms with Gasteiger partial charge in [0.2, 0.25) is 0 Å². The summed E-state index contributed by atoms with van der Waals surface area (Å²) < 4.78 is 0. The Bertz CT molecular complexity index is 2880. The van der Waals surface area contributed by atoms with Crippen molar-refractivity contribution in [2.24, 2.45) is 0 Å². The summed E-state index contributed by atoms with van der Waals surface area (Å²) in [4.78, 5) is 0. The summed E-state index contributed by atoms with van der Waals surface area (Å²) in [5.74, 6) is 0. The molecule has 0 fully saturated rings. The number of hydrogen-bond donors (Lipinski definition) is 0. The molecule has 0 N–H and O–H groups in total. The zero-order valence-corrected chi connectivity index (χ0v) is 29.4. The van der Waals surface area contributed by atoms with Gasteiger partial charge in [-0.05, 0) is 135 Å². The molecule has 0 radical (unpaired) electrons. The minimum atomic E-state index is -0.104. The van der Waals surface area contributed by atoms with Crippen LogP contribution >= 0.6 is 0 Å². The summed E-state index contributed by atoms with van der Waals surface area (Å²) >= 11 is 0. The number of benzene rings is 9. The first kappa shape index (κ1) is 29.5. The highest BCUT2D eigenvalue weighted by Gasteiger charge is 2.41. The van der Waals surface area contributed by atoms with E-state index in [1.807, 2.05) is 0 Å². The maximum atomic E-state index is 2.53. The molecule has 244 valence electrons. The van der Waals surface area contributed by atoms with Crippen LogP contribution in [0, 0.1) is 0 Å². The fourth-order valence-corrected chi connectivity index (χ4v) is 9.86. The summed E-state index contributed by atoms with van der Waals surface area (Å²) in [7, 11) is 0. The smallest absolute Gasteiger partial charge is 0.0162 e. The third kappa shape index (κ3) is 4.04. The predicted molar refractivity (Wildman–Crippen MR) is 221 cm³/mol. The van der Waals surface area contributed by atoms with E-state index in [9.17, 15) is 0 Å². The van der Waals surface area contributed by atoms with E-state index in [1.165, 1.54) is 110 Å². The standard InChI is InChI=1S/C52H36/c1-52(2)47-27-15-14-26-42(47)50-43(31-44-36-20-8-7-19-34(36)29-46(44)51(50)52)35-28-33-18-6-9-21-37(33)45(30-35)49-40-24-12-10-22-38(40)48(32-16-4-3-5-17-32)39-23-11-13-25-41(39)49/h3-28,30-31H,29H2,1-2H3. The first-order valence-electron chi connectivity index (χ1n) is 18.5. The van der Waals surface area contributed by atoms with Crippen LogP contribution in [0.15, 0.2) is 170 Å². The van der Waals surface area contributed by atoms with E-state index in [1.54, 1.807) is 0 Å². The van der Waals surface area contributed by atoms with Gasteiger partial charge in [0.25, 0.3) is 0 Å². The van der Waals surface area contributed by atoms with E-state index in [4.69, 9.17) is 0 Å². The summed E-state index contributed by atoms with van der Waals surface area (Å²) in [6.07, 6.45) is 0.986. The molecule has 0 saturated heterocycles. The molecule has 0 aliphatic heterocycles. The summed E-state index contributed by atoms with van der Waals surface area (Å²) in [5.41, 5.74) is 19.0. The SMILES string of the molecule is CC1(C)c2ccccc2-c2c(-c3cc(-c4c5ccccc5c(-c5ccccc5)c5ccccc45)c4ccccc4c3)cc3c(c21)Cc1ccccc1-3. The van der Waals surface area contributed by atoms with Crippen LogP contribution < -0.4 is 0 Å². The maximum Gasteiger partial charge on any atom is 0.0162 e. The van der Waals surface area contributed by atoms with Gasteiger partial charge in [0.05, 0.1) is 0 Å². The lowest BCUT2D eigenvalue weighted by molar-refractivity contribution is 0.654. The van der Waals surface area contributed by atoms with Gasteiger partial charge in [-0.25, -0.2) is 0 Å². The van der Waals surface area contributed by atoms with Gasteiger partial charge >= 0.3 is 0 Å². The largest absolute Gasteiger partial charge is 0.0622 e. The molecule has 0 unspecified atom stereocenters. The topological polar surface area (TPSA) is 0 Å². The second kappa shape index (κ2) is 10.9. The average Bonchev–Trinajstić information content (AvgIpc) is 3.68. The zero-order valence-electron chi connectivity index (χ0n) is 29.4. The second-order valence-corrected chi connectivity index (χ2v) is 15.2. The van der Waals surface area contributed by atoms with Crippen LogP contribution in [-0.4, -0.2) is 0 Å². The molecular weight excluding hydrogens is 625 g/mol. The van der Waals surface area contributed by atoms with Crippen molar-refractivity contribution in [2.75, 3.05) is 0 Å². The molecule has 0 saturated carbocycles. The third-order valence-corrected chi connectivity index (χ3v) is 12.0. The Labute approximate surface area is 304 Å². The van der Waals surface area contributed by atoms with Crippen LogP contribution in [0.1, 0.15) is 36.1 Å². The van der Waals surface area contributed by atoms with Gasteiger partial charge in [-0.15, -0.1) is 0 Å². The van der Waals surface area contributed by atoms with E-state index in [-0.39, 0.29) is 5.41 Å². The average molecular weight is 661 g/mol. The van der Waals surface area contributed by atoms with E-state index in [2.05, 4.69) is 184 Å². The van der Waals surface area contributed by atoms with Gasteiger partial charge in [0.15, 0.2) is 0 Å². The van der Waals surface area contributed by atoms with Gasteiger partial charge < -0.3 is 0 Å². The van der Waals surface area contributed by atoms with Crippen molar-refractivity contribution < 1.29 is 0 Å². The Morgan fingerprint density at radius 1 is 0.385 bits per heavy atom. The van der Waals surface area contributed by atoms with E-state index in [0.29, 0.717) is 0 Å². The molecule has 11 rings (SSSR count). The van der Waals surface area contributed by atoms with Gasteiger partial charge in [-0.2, -0.15) is 0 Å². The fraction of sp³-hybridized carbons (Fsp3) is 0.0769. The Hall–Kier alpha value is -6.24. The second-order valence-electron chi connectivity index (χ2n) is 15.2. The van der Waals surface area contributed by atoms with Crippen LogP contribution in [0.3, 0.4) is 0 Å². The molecule has 0 amide bonds. The van der Waals surface area contributed by atoms with Crippen LogP contribution in [0.2, 0.25) is 0 Å². The molecule has 0 nitrogen and oxygen atoms in total. The normalized spacial score (nSPS) is 13.7. The highest BCUT2D eigenvalue weighted by Crippen LogP contribution is 2.58. The van der Waals surface area contributed by atoms with Gasteiger partial charge in [-0.3, -0.25) is 0 Å². The molecule has 0 atom stereocenters. The minimum Gasteiger partial charge on any atom is -0.0622 e. The van der Waals surface area contributed by atoms with Crippen molar-refractivity contribution in [3.8, 4) is 55.6 Å². The van der Waals surface area contributed by atoms with Crippen LogP contribution in [0.4, 0.5) is 0 Å². The maximum absolute atomic E-state index is 2.53. The Kier molecular flexibility index (Phi) is 6.17. The van der Waals surface area contributed by atoms with Crippen molar-refractivity contribution in [2.45, 2.75) is 25.7 Å². The fourth-order valence-electron chi connectivity index (χ4n) is 9.86. The Balaban J connectivity index is 1.27. The lowest BCUT2D eigenvalue weighted by Gasteiger charge is -2.25. The van der Waals surface area contributed by atoms with Crippen LogP contribution in [-0.2, 0) is 11.8 Å². The zero-order chi connectivity index (χ0) is 34.6. The molecule has 9 aromatic rings. The first-order chi connectivity index (χ1) is 25.6. The third-order valence-electron chi connectivity index (χ3n) is 12.0. The number of hydrogen-bond acceptors (Lipinski definition) is 0. The summed E-state index contributed by atoms with van der Waals surface area (Å²) in [6, 6.07) is 63.6. The van der Waals surface area contributed by atoms with Crippen molar-refractivity contribution in [3.63, 3.8) is 0 Å². The Morgan fingerprint density at radius 2 is 0.962 bits per heavy atom. The molecule has 2 aliphatic rings. The molecular formula is C52H36. The molecule has 2 aliphatic carbocycles. The Morgan fingerprint density at radius 3 is 1.69 bits per heavy atom. The van der Waals surface area contributed by atoms with Crippen LogP contribution in [0.5, 0.6) is 0 Å². The molecule has 0 heteroatoms. The molecule has 0 heterocycles. The monoisotopic (exact) mass is 660 g/mol. The number of fused-ring (bicyclic) bond motifs is 10. The highest BCUT2D eigenvalue weighted by atomic mass is 14.4. The summed E-state index contributed by atoms with van der Waals surface area (Å²) in [5, 5.41) is 7.66. The lowest BCUT2D eigenvalue weighted by Crippen LogP contribution is -2.17. The van der Waals surface area contributed by atoms with Crippen molar-refractivity contribution in [1.82, 2.24) is 0 Å². The minimum absolute atomic E-state index is 0.104. The lowest BCUT2D eigenvalue weighted by atomic mass is 9.77. The first-order valence-corrected chi connectivity index (χ1v) is 18.5. The molecule has 9 aromatic carbocycles. The molecule has 0 bridgehead atoms. The van der Waals surface area contributed by atoms with Crippen LogP contribution in [0.25, 0.3) is 88.0 Å². The number of rotatable bonds is 3. The molecule has 0 spiro atoms. The van der Waals surface area contributed by atoms with Gasteiger partial charge in [0, 0.05) is 5.41 Å². The van der Waals surface area contributed by atoms with Crippen molar-refractivity contribution >= 4 is 32.3 Å². The van der Waals surface area contributed by atoms with Crippen molar-refractivity contribution in [3.05, 3.63) is 192 Å². The van der Waals surface area contributed by atoms with E-state index in [0.717, 1.165) is 6.42 Å². The van der Waals surface area contributed by atoms with E-state index < -0.39 is 0 Å². The highest BCUT2D eigenvalue weighted by molar-refractivity contribution is 6.24. The van der Waals surface area contributed by atoms with Crippen molar-refractivity contribution in [1.29, 1.82) is 0 Å².